The highest BCUT2D eigenvalue weighted by Gasteiger charge is 2.11. The van der Waals surface area contributed by atoms with E-state index in [0.717, 1.165) is 11.4 Å². The van der Waals surface area contributed by atoms with Crippen molar-refractivity contribution in [3.63, 3.8) is 0 Å². The Hall–Kier alpha value is -2.29. The van der Waals surface area contributed by atoms with Crippen molar-refractivity contribution in [2.24, 2.45) is 0 Å². The molecule has 1 N–H and O–H groups in total. The number of carbonyl (C=O) groups excluding carboxylic acids is 1. The maximum Gasteiger partial charge on any atom is 0.340 e. The molecule has 3 nitrogen and oxygen atoms in total. The second-order valence-corrected chi connectivity index (χ2v) is 3.68. The van der Waals surface area contributed by atoms with Crippen LogP contribution in [0.25, 0.3) is 0 Å². The second-order valence-electron chi connectivity index (χ2n) is 3.68. The van der Waals surface area contributed by atoms with E-state index in [1.54, 1.807) is 13.0 Å². The number of anilines is 2. The maximum absolute atomic E-state index is 11.8. The average Bonchev–Trinajstić information content (AvgIpc) is 2.41. The summed E-state index contributed by atoms with van der Waals surface area (Å²) >= 11 is 0. The highest BCUT2D eigenvalue weighted by molar-refractivity contribution is 5.96. The molecule has 0 aliphatic carbocycles. The van der Waals surface area contributed by atoms with Crippen LogP contribution in [-0.2, 0) is 4.74 Å². The lowest BCUT2D eigenvalue weighted by Gasteiger charge is -2.10. The normalized spacial score (nSPS) is 9.83. The highest BCUT2D eigenvalue weighted by atomic mass is 16.5. The standard InChI is InChI=1S/C15H14NO2/c1-2-18-15(17)13-10-6-7-11-14(13)16-12-8-4-3-5-9-12/h3-4,6-11,16H,2H2,1H3. The molecule has 0 saturated heterocycles. The van der Waals surface area contributed by atoms with E-state index in [0.29, 0.717) is 12.2 Å². The van der Waals surface area contributed by atoms with Crippen LogP contribution in [-0.4, -0.2) is 12.6 Å². The fourth-order valence-electron chi connectivity index (χ4n) is 1.61. The van der Waals surface area contributed by atoms with Gasteiger partial charge in [-0.25, -0.2) is 4.79 Å². The van der Waals surface area contributed by atoms with E-state index in [9.17, 15) is 4.79 Å². The molecular formula is C15H14NO2. The van der Waals surface area contributed by atoms with E-state index in [1.165, 1.54) is 0 Å². The van der Waals surface area contributed by atoms with Gasteiger partial charge in [-0.1, -0.05) is 24.3 Å². The smallest absolute Gasteiger partial charge is 0.340 e. The van der Waals surface area contributed by atoms with Gasteiger partial charge in [0.25, 0.3) is 0 Å². The van der Waals surface area contributed by atoms with Gasteiger partial charge in [-0.15, -0.1) is 0 Å². The summed E-state index contributed by atoms with van der Waals surface area (Å²) in [6.45, 7) is 2.16. The quantitative estimate of drug-likeness (QED) is 0.832. The van der Waals surface area contributed by atoms with Gasteiger partial charge in [-0.2, -0.15) is 0 Å². The number of rotatable bonds is 4. The highest BCUT2D eigenvalue weighted by Crippen LogP contribution is 2.21. The molecule has 0 aromatic heterocycles. The molecule has 2 aromatic rings. The Bertz CT molecular complexity index is 523. The van der Waals surface area contributed by atoms with E-state index in [1.807, 2.05) is 42.5 Å². The van der Waals surface area contributed by atoms with Gasteiger partial charge in [0.15, 0.2) is 0 Å². The summed E-state index contributed by atoms with van der Waals surface area (Å²) in [6, 6.07) is 17.7. The Morgan fingerprint density at radius 2 is 2.11 bits per heavy atom. The lowest BCUT2D eigenvalue weighted by molar-refractivity contribution is 0.0527. The number of hydrogen-bond donors (Lipinski definition) is 1. The summed E-state index contributed by atoms with van der Waals surface area (Å²) in [6.07, 6.45) is 0. The minimum atomic E-state index is -0.319. The second kappa shape index (κ2) is 5.87. The molecule has 91 valence electrons. The number of hydrogen-bond acceptors (Lipinski definition) is 3. The molecule has 0 heterocycles. The lowest BCUT2D eigenvalue weighted by Crippen LogP contribution is -2.07. The van der Waals surface area contributed by atoms with Crippen molar-refractivity contribution in [2.75, 3.05) is 11.9 Å². The third-order valence-electron chi connectivity index (χ3n) is 2.41. The Labute approximate surface area is 106 Å². The van der Waals surface area contributed by atoms with Crippen molar-refractivity contribution < 1.29 is 9.53 Å². The van der Waals surface area contributed by atoms with Gasteiger partial charge in [-0.05, 0) is 37.3 Å². The summed E-state index contributed by atoms with van der Waals surface area (Å²) < 4.78 is 5.02. The summed E-state index contributed by atoms with van der Waals surface area (Å²) in [5.74, 6) is -0.319. The van der Waals surface area contributed by atoms with Gasteiger partial charge >= 0.3 is 5.97 Å². The zero-order valence-electron chi connectivity index (χ0n) is 10.1. The molecule has 0 bridgehead atoms. The van der Waals surface area contributed by atoms with Crippen molar-refractivity contribution in [1.29, 1.82) is 0 Å². The van der Waals surface area contributed by atoms with Gasteiger partial charge in [0.05, 0.1) is 17.9 Å². The number of esters is 1. The molecule has 0 aliphatic rings. The van der Waals surface area contributed by atoms with Gasteiger partial charge in [0, 0.05) is 5.69 Å². The first-order chi connectivity index (χ1) is 8.81. The van der Waals surface area contributed by atoms with E-state index in [-0.39, 0.29) is 5.97 Å². The van der Waals surface area contributed by atoms with Crippen LogP contribution in [0.4, 0.5) is 11.4 Å². The SMILES string of the molecule is CCOC(=O)c1ccccc1Nc1c[c]ccc1. The molecule has 2 rings (SSSR count). The monoisotopic (exact) mass is 240 g/mol. The van der Waals surface area contributed by atoms with Crippen molar-refractivity contribution in [1.82, 2.24) is 0 Å². The molecule has 2 aromatic carbocycles. The largest absolute Gasteiger partial charge is 0.462 e. The van der Waals surface area contributed by atoms with Crippen molar-refractivity contribution in [2.45, 2.75) is 6.92 Å². The van der Waals surface area contributed by atoms with E-state index >= 15 is 0 Å². The summed E-state index contributed by atoms with van der Waals surface area (Å²) in [5, 5.41) is 3.18. The van der Waals surface area contributed by atoms with E-state index in [2.05, 4.69) is 11.4 Å². The minimum Gasteiger partial charge on any atom is -0.462 e. The molecule has 0 amide bonds. The van der Waals surface area contributed by atoms with Gasteiger partial charge in [-0.3, -0.25) is 0 Å². The number of nitrogens with one attached hydrogen (secondary N) is 1. The molecule has 3 heteroatoms. The fourth-order valence-corrected chi connectivity index (χ4v) is 1.61. The van der Waals surface area contributed by atoms with Gasteiger partial charge in [0.1, 0.15) is 0 Å². The Morgan fingerprint density at radius 1 is 1.28 bits per heavy atom. The van der Waals surface area contributed by atoms with Crippen molar-refractivity contribution >= 4 is 17.3 Å². The lowest BCUT2D eigenvalue weighted by atomic mass is 10.1. The molecule has 0 atom stereocenters. The summed E-state index contributed by atoms with van der Waals surface area (Å²) in [4.78, 5) is 11.8. The molecule has 0 spiro atoms. The Balaban J connectivity index is 2.25. The van der Waals surface area contributed by atoms with E-state index < -0.39 is 0 Å². The van der Waals surface area contributed by atoms with Crippen molar-refractivity contribution in [3.8, 4) is 0 Å². The first-order valence-corrected chi connectivity index (χ1v) is 5.80. The molecule has 0 unspecified atom stereocenters. The molecule has 0 saturated carbocycles. The topological polar surface area (TPSA) is 38.3 Å². The third kappa shape index (κ3) is 2.88. The fraction of sp³-hybridized carbons (Fsp3) is 0.133. The Morgan fingerprint density at radius 3 is 2.83 bits per heavy atom. The number of carbonyl (C=O) groups is 1. The molecular weight excluding hydrogens is 226 g/mol. The summed E-state index contributed by atoms with van der Waals surface area (Å²) in [7, 11) is 0. The zero-order chi connectivity index (χ0) is 12.8. The van der Waals surface area contributed by atoms with Crippen LogP contribution in [0.2, 0.25) is 0 Å². The first-order valence-electron chi connectivity index (χ1n) is 5.80. The summed E-state index contributed by atoms with van der Waals surface area (Å²) in [5.41, 5.74) is 2.15. The van der Waals surface area contributed by atoms with E-state index in [4.69, 9.17) is 4.74 Å². The van der Waals surface area contributed by atoms with Gasteiger partial charge in [0.2, 0.25) is 0 Å². The first kappa shape index (κ1) is 12.2. The molecule has 0 aliphatic heterocycles. The molecule has 18 heavy (non-hydrogen) atoms. The minimum absolute atomic E-state index is 0.319. The molecule has 0 fully saturated rings. The predicted octanol–water partition coefficient (Wildman–Crippen LogP) is 3.41. The average molecular weight is 240 g/mol. The van der Waals surface area contributed by atoms with Crippen LogP contribution >= 0.6 is 0 Å². The Kier molecular flexibility index (Phi) is 3.97. The number of benzene rings is 2. The van der Waals surface area contributed by atoms with Crippen LogP contribution < -0.4 is 5.32 Å². The number of para-hydroxylation sites is 1. The molecule has 1 radical (unpaired) electrons. The van der Waals surface area contributed by atoms with Crippen LogP contribution in [0, 0.1) is 6.07 Å². The van der Waals surface area contributed by atoms with Crippen LogP contribution in [0.15, 0.2) is 48.5 Å². The van der Waals surface area contributed by atoms with Crippen LogP contribution in [0.3, 0.4) is 0 Å². The maximum atomic E-state index is 11.8. The van der Waals surface area contributed by atoms with Crippen molar-refractivity contribution in [3.05, 3.63) is 60.2 Å². The van der Waals surface area contributed by atoms with Gasteiger partial charge < -0.3 is 10.1 Å². The zero-order valence-corrected chi connectivity index (χ0v) is 10.1. The predicted molar refractivity (Wildman–Crippen MR) is 71.0 cm³/mol. The van der Waals surface area contributed by atoms with Crippen LogP contribution in [0.1, 0.15) is 17.3 Å². The number of ether oxygens (including phenoxy) is 1. The third-order valence-corrected chi connectivity index (χ3v) is 2.41. The van der Waals surface area contributed by atoms with Crippen LogP contribution in [0.5, 0.6) is 0 Å².